The number of carbonyl (C=O) groups excluding carboxylic acids is 1. The molecule has 1 rings (SSSR count). The van der Waals surface area contributed by atoms with E-state index >= 15 is 0 Å². The first-order chi connectivity index (χ1) is 11.2. The van der Waals surface area contributed by atoms with Crippen molar-refractivity contribution in [2.45, 2.75) is 18.2 Å². The molecule has 10 heteroatoms. The molecule has 24 heavy (non-hydrogen) atoms. The van der Waals surface area contributed by atoms with E-state index in [2.05, 4.69) is 10.6 Å². The van der Waals surface area contributed by atoms with Gasteiger partial charge in [-0.25, -0.2) is 17.5 Å². The Bertz CT molecular complexity index is 702. The van der Waals surface area contributed by atoms with Gasteiger partial charge in [-0.2, -0.15) is 0 Å². The number of hydrogen-bond donors (Lipinski definition) is 3. The smallest absolute Gasteiger partial charge is 0.319 e. The number of urea groups is 1. The van der Waals surface area contributed by atoms with E-state index in [1.165, 1.54) is 32.3 Å². The van der Waals surface area contributed by atoms with E-state index in [4.69, 9.17) is 9.84 Å². The summed E-state index contributed by atoms with van der Waals surface area (Å²) in [6, 6.07) is 3.47. The standard InChI is InChI=1S/C14H21N3O6S/c1-4-23-12-6-5-10(24(21,22)17(2)3)9-11(12)16-14(20)15-8-7-13(18)19/h5-6,9H,4,7-8H2,1-3H3,(H,18,19)(H2,15,16,20). The van der Waals surface area contributed by atoms with Crippen LogP contribution in [0.15, 0.2) is 23.1 Å². The van der Waals surface area contributed by atoms with E-state index in [-0.39, 0.29) is 23.5 Å². The van der Waals surface area contributed by atoms with Crippen LogP contribution in [-0.4, -0.2) is 57.1 Å². The van der Waals surface area contributed by atoms with Crippen molar-refractivity contribution in [1.29, 1.82) is 0 Å². The van der Waals surface area contributed by atoms with Crippen LogP contribution in [0.4, 0.5) is 10.5 Å². The van der Waals surface area contributed by atoms with Crippen LogP contribution in [0.3, 0.4) is 0 Å². The van der Waals surface area contributed by atoms with Gasteiger partial charge in [0.1, 0.15) is 5.75 Å². The zero-order valence-electron chi connectivity index (χ0n) is 13.7. The normalized spacial score (nSPS) is 11.2. The SMILES string of the molecule is CCOc1ccc(S(=O)(=O)N(C)C)cc1NC(=O)NCCC(=O)O. The zero-order valence-corrected chi connectivity index (χ0v) is 14.5. The van der Waals surface area contributed by atoms with Crippen LogP contribution in [-0.2, 0) is 14.8 Å². The minimum absolute atomic E-state index is 0.00297. The largest absolute Gasteiger partial charge is 0.492 e. The molecule has 0 atom stereocenters. The molecule has 0 saturated carbocycles. The number of benzene rings is 1. The summed E-state index contributed by atoms with van der Waals surface area (Å²) in [4.78, 5) is 22.2. The molecule has 0 saturated heterocycles. The van der Waals surface area contributed by atoms with Crippen molar-refractivity contribution in [2.24, 2.45) is 0 Å². The lowest BCUT2D eigenvalue weighted by molar-refractivity contribution is -0.136. The fraction of sp³-hybridized carbons (Fsp3) is 0.429. The van der Waals surface area contributed by atoms with Gasteiger partial charge in [0.15, 0.2) is 0 Å². The molecule has 0 bridgehead atoms. The number of rotatable bonds is 8. The van der Waals surface area contributed by atoms with E-state index < -0.39 is 22.0 Å². The quantitative estimate of drug-likeness (QED) is 0.634. The third-order valence-corrected chi connectivity index (χ3v) is 4.71. The fourth-order valence-corrected chi connectivity index (χ4v) is 2.64. The second-order valence-electron chi connectivity index (χ2n) is 4.90. The number of aliphatic carboxylic acids is 1. The van der Waals surface area contributed by atoms with Crippen LogP contribution in [0, 0.1) is 0 Å². The van der Waals surface area contributed by atoms with Crippen molar-refractivity contribution in [1.82, 2.24) is 9.62 Å². The molecule has 0 spiro atoms. The van der Waals surface area contributed by atoms with E-state index in [0.717, 1.165) is 4.31 Å². The highest BCUT2D eigenvalue weighted by atomic mass is 32.2. The minimum Gasteiger partial charge on any atom is -0.492 e. The Morgan fingerprint density at radius 2 is 1.96 bits per heavy atom. The molecular weight excluding hydrogens is 338 g/mol. The second-order valence-corrected chi connectivity index (χ2v) is 7.05. The van der Waals surface area contributed by atoms with Gasteiger partial charge >= 0.3 is 12.0 Å². The lowest BCUT2D eigenvalue weighted by Gasteiger charge is -2.16. The number of nitrogens with zero attached hydrogens (tertiary/aromatic N) is 1. The Hall–Kier alpha value is -2.33. The molecule has 0 aromatic heterocycles. The zero-order chi connectivity index (χ0) is 18.3. The highest BCUT2D eigenvalue weighted by molar-refractivity contribution is 7.89. The summed E-state index contributed by atoms with van der Waals surface area (Å²) in [7, 11) is -0.866. The minimum atomic E-state index is -3.67. The number of nitrogens with one attached hydrogen (secondary N) is 2. The van der Waals surface area contributed by atoms with Gasteiger partial charge in [-0.3, -0.25) is 4.79 Å². The first kappa shape index (κ1) is 19.7. The first-order valence-electron chi connectivity index (χ1n) is 7.14. The molecule has 0 aliphatic rings. The molecule has 134 valence electrons. The van der Waals surface area contributed by atoms with E-state index in [0.29, 0.717) is 12.4 Å². The number of anilines is 1. The van der Waals surface area contributed by atoms with Gasteiger partial charge < -0.3 is 20.5 Å². The van der Waals surface area contributed by atoms with Crippen molar-refractivity contribution in [3.05, 3.63) is 18.2 Å². The van der Waals surface area contributed by atoms with E-state index in [1.54, 1.807) is 6.92 Å². The second kappa shape index (κ2) is 8.50. The summed E-state index contributed by atoms with van der Waals surface area (Å²) in [6.45, 7) is 2.02. The van der Waals surface area contributed by atoms with Crippen LogP contribution in [0.25, 0.3) is 0 Å². The molecule has 1 aromatic carbocycles. The molecule has 0 aliphatic heterocycles. The average molecular weight is 359 g/mol. The maximum absolute atomic E-state index is 12.2. The van der Waals surface area contributed by atoms with Crippen molar-refractivity contribution in [3.8, 4) is 5.75 Å². The lowest BCUT2D eigenvalue weighted by Crippen LogP contribution is -2.31. The van der Waals surface area contributed by atoms with Crippen LogP contribution >= 0.6 is 0 Å². The summed E-state index contributed by atoms with van der Waals surface area (Å²) in [6.07, 6.45) is -0.221. The molecule has 0 fully saturated rings. The average Bonchev–Trinajstić information content (AvgIpc) is 2.48. The molecule has 0 radical (unpaired) electrons. The number of carboxylic acid groups (broad SMARTS) is 1. The first-order valence-corrected chi connectivity index (χ1v) is 8.58. The third kappa shape index (κ3) is 5.39. The molecule has 1 aromatic rings. The van der Waals surface area contributed by atoms with E-state index in [9.17, 15) is 18.0 Å². The number of sulfonamides is 1. The van der Waals surface area contributed by atoms with Gasteiger partial charge in [0, 0.05) is 20.6 Å². The highest BCUT2D eigenvalue weighted by Gasteiger charge is 2.20. The lowest BCUT2D eigenvalue weighted by atomic mass is 10.3. The van der Waals surface area contributed by atoms with Gasteiger partial charge in [0.2, 0.25) is 10.0 Å². The summed E-state index contributed by atoms with van der Waals surface area (Å²) < 4.78 is 30.8. The molecule has 0 aliphatic carbocycles. The predicted octanol–water partition coefficient (Wildman–Crippen LogP) is 0.932. The predicted molar refractivity (Wildman–Crippen MR) is 87.8 cm³/mol. The van der Waals surface area contributed by atoms with Crippen LogP contribution in [0.2, 0.25) is 0 Å². The van der Waals surface area contributed by atoms with Gasteiger partial charge in [0.05, 0.1) is 23.6 Å². The molecular formula is C14H21N3O6S. The maximum Gasteiger partial charge on any atom is 0.319 e. The topological polar surface area (TPSA) is 125 Å². The van der Waals surface area contributed by atoms with Gasteiger partial charge in [-0.05, 0) is 25.1 Å². The van der Waals surface area contributed by atoms with Crippen LogP contribution in [0.5, 0.6) is 5.75 Å². The molecule has 3 N–H and O–H groups in total. The fourth-order valence-electron chi connectivity index (χ4n) is 1.71. The Balaban J connectivity index is 3.01. The summed E-state index contributed by atoms with van der Waals surface area (Å²) in [5, 5.41) is 13.4. The molecule has 0 unspecified atom stereocenters. The van der Waals surface area contributed by atoms with Crippen LogP contribution < -0.4 is 15.4 Å². The number of carbonyl (C=O) groups is 2. The van der Waals surface area contributed by atoms with Crippen LogP contribution in [0.1, 0.15) is 13.3 Å². The van der Waals surface area contributed by atoms with Crippen molar-refractivity contribution in [3.63, 3.8) is 0 Å². The van der Waals surface area contributed by atoms with Gasteiger partial charge in [0.25, 0.3) is 0 Å². The number of amides is 2. The van der Waals surface area contributed by atoms with Gasteiger partial charge in [-0.15, -0.1) is 0 Å². The summed E-state index contributed by atoms with van der Waals surface area (Å²) in [5.41, 5.74) is 0.174. The molecule has 2 amide bonds. The molecule has 0 heterocycles. The van der Waals surface area contributed by atoms with Crippen molar-refractivity contribution < 1.29 is 27.9 Å². The Morgan fingerprint density at radius 1 is 1.29 bits per heavy atom. The highest BCUT2D eigenvalue weighted by Crippen LogP contribution is 2.28. The van der Waals surface area contributed by atoms with E-state index in [1.807, 2.05) is 0 Å². The van der Waals surface area contributed by atoms with Crippen molar-refractivity contribution in [2.75, 3.05) is 32.6 Å². The number of ether oxygens (including phenoxy) is 1. The molecule has 9 nitrogen and oxygen atoms in total. The number of carboxylic acids is 1. The maximum atomic E-state index is 12.2. The summed E-state index contributed by atoms with van der Waals surface area (Å²) in [5.74, 6) is -0.729. The summed E-state index contributed by atoms with van der Waals surface area (Å²) >= 11 is 0. The Kier molecular flexibility index (Phi) is 6.98. The monoisotopic (exact) mass is 359 g/mol. The van der Waals surface area contributed by atoms with Crippen molar-refractivity contribution >= 4 is 27.7 Å². The Labute approximate surface area is 140 Å². The third-order valence-electron chi connectivity index (χ3n) is 2.90. The number of hydrogen-bond acceptors (Lipinski definition) is 5. The Morgan fingerprint density at radius 3 is 2.50 bits per heavy atom. The van der Waals surface area contributed by atoms with Gasteiger partial charge in [-0.1, -0.05) is 0 Å².